The number of ether oxygens (including phenoxy) is 1. The molecule has 0 unspecified atom stereocenters. The van der Waals surface area contributed by atoms with Gasteiger partial charge in [0.2, 0.25) is 0 Å². The smallest absolute Gasteiger partial charge is 0.150 e. The molecule has 0 aliphatic carbocycles. The maximum atomic E-state index is 9.71. The Balaban J connectivity index is 1.88. The molecule has 0 spiro atoms. The van der Waals surface area contributed by atoms with Crippen LogP contribution in [-0.4, -0.2) is 54.1 Å². The van der Waals surface area contributed by atoms with Crippen molar-refractivity contribution < 1.29 is 14.4 Å². The standard InChI is InChI=1S/C13H23N3O3/c1-16(2)8-11-6-9(15-19-11)5-10-3-4-12(17)13(7-14)18-10/h6,10,12-13,17H,3-5,7-8,14H2,1-2H3/t10-,12-,13+/m0/s1. The first kappa shape index (κ1) is 14.5. The lowest BCUT2D eigenvalue weighted by molar-refractivity contribution is -0.112. The second-order valence-corrected chi connectivity index (χ2v) is 5.40. The highest BCUT2D eigenvalue weighted by Crippen LogP contribution is 2.22. The molecule has 0 saturated carbocycles. The average molecular weight is 269 g/mol. The Hall–Kier alpha value is -0.950. The van der Waals surface area contributed by atoms with Crippen LogP contribution in [0.5, 0.6) is 0 Å². The number of nitrogens with zero attached hydrogens (tertiary/aromatic N) is 2. The molecule has 2 heterocycles. The Bertz CT molecular complexity index is 394. The normalized spacial score (nSPS) is 27.9. The summed E-state index contributed by atoms with van der Waals surface area (Å²) in [5, 5.41) is 13.8. The lowest BCUT2D eigenvalue weighted by Crippen LogP contribution is -2.44. The number of hydrogen-bond acceptors (Lipinski definition) is 6. The summed E-state index contributed by atoms with van der Waals surface area (Å²) in [6.07, 6.45) is 1.63. The van der Waals surface area contributed by atoms with Crippen molar-refractivity contribution >= 4 is 0 Å². The van der Waals surface area contributed by atoms with Gasteiger partial charge in [0.1, 0.15) is 0 Å². The summed E-state index contributed by atoms with van der Waals surface area (Å²) in [5.74, 6) is 0.853. The molecule has 1 aliphatic heterocycles. The van der Waals surface area contributed by atoms with Gasteiger partial charge in [-0.1, -0.05) is 5.16 Å². The zero-order chi connectivity index (χ0) is 13.8. The van der Waals surface area contributed by atoms with Gasteiger partial charge in [0.25, 0.3) is 0 Å². The Labute approximate surface area is 113 Å². The first-order valence-electron chi connectivity index (χ1n) is 6.71. The minimum Gasteiger partial charge on any atom is -0.390 e. The summed E-state index contributed by atoms with van der Waals surface area (Å²) in [4.78, 5) is 2.03. The highest BCUT2D eigenvalue weighted by atomic mass is 16.5. The lowest BCUT2D eigenvalue weighted by Gasteiger charge is -2.32. The molecule has 2 rings (SSSR count). The van der Waals surface area contributed by atoms with Crippen LogP contribution >= 0.6 is 0 Å². The largest absolute Gasteiger partial charge is 0.390 e. The third-order valence-corrected chi connectivity index (χ3v) is 3.33. The quantitative estimate of drug-likeness (QED) is 0.791. The van der Waals surface area contributed by atoms with E-state index in [4.69, 9.17) is 15.0 Å². The van der Waals surface area contributed by atoms with E-state index in [2.05, 4.69) is 5.16 Å². The molecule has 3 N–H and O–H groups in total. The number of nitrogens with two attached hydrogens (primary N) is 1. The summed E-state index contributed by atoms with van der Waals surface area (Å²) in [6.45, 7) is 1.09. The highest BCUT2D eigenvalue weighted by Gasteiger charge is 2.29. The fraction of sp³-hybridized carbons (Fsp3) is 0.769. The zero-order valence-electron chi connectivity index (χ0n) is 11.6. The van der Waals surface area contributed by atoms with Crippen molar-refractivity contribution in [1.29, 1.82) is 0 Å². The van der Waals surface area contributed by atoms with Gasteiger partial charge in [-0.2, -0.15) is 0 Å². The maximum absolute atomic E-state index is 9.71. The second-order valence-electron chi connectivity index (χ2n) is 5.40. The van der Waals surface area contributed by atoms with Gasteiger partial charge in [0.15, 0.2) is 5.76 Å². The third kappa shape index (κ3) is 4.01. The fourth-order valence-electron chi connectivity index (χ4n) is 2.38. The number of aliphatic hydroxyl groups excluding tert-OH is 1. The molecule has 108 valence electrons. The van der Waals surface area contributed by atoms with Gasteiger partial charge in [0.05, 0.1) is 30.6 Å². The van der Waals surface area contributed by atoms with E-state index in [9.17, 15) is 5.11 Å². The van der Waals surface area contributed by atoms with Gasteiger partial charge >= 0.3 is 0 Å². The number of hydrogen-bond donors (Lipinski definition) is 2. The van der Waals surface area contributed by atoms with Crippen LogP contribution in [0.1, 0.15) is 24.3 Å². The Kier molecular flexibility index (Phi) is 4.93. The van der Waals surface area contributed by atoms with E-state index in [1.54, 1.807) is 0 Å². The van der Waals surface area contributed by atoms with E-state index < -0.39 is 6.10 Å². The van der Waals surface area contributed by atoms with Crippen LogP contribution in [0, 0.1) is 0 Å². The van der Waals surface area contributed by atoms with Crippen LogP contribution in [0.25, 0.3) is 0 Å². The van der Waals surface area contributed by atoms with Crippen molar-refractivity contribution in [2.45, 2.75) is 44.1 Å². The van der Waals surface area contributed by atoms with Gasteiger partial charge in [-0.15, -0.1) is 0 Å². The number of aromatic nitrogens is 1. The molecule has 0 amide bonds. The van der Waals surface area contributed by atoms with Crippen LogP contribution < -0.4 is 5.73 Å². The first-order valence-corrected chi connectivity index (χ1v) is 6.71. The SMILES string of the molecule is CN(C)Cc1cc(C[C@@H]2CC[C@H](O)[C@@H](CN)O2)no1. The predicted octanol–water partition coefficient (Wildman–Crippen LogP) is 0.146. The van der Waals surface area contributed by atoms with Crippen molar-refractivity contribution in [2.75, 3.05) is 20.6 Å². The number of rotatable bonds is 5. The monoisotopic (exact) mass is 269 g/mol. The molecule has 1 fully saturated rings. The third-order valence-electron chi connectivity index (χ3n) is 3.33. The van der Waals surface area contributed by atoms with Crippen LogP contribution in [0.2, 0.25) is 0 Å². The summed E-state index contributed by atoms with van der Waals surface area (Å²) in [7, 11) is 3.97. The molecule has 6 heteroatoms. The Morgan fingerprint density at radius 2 is 2.26 bits per heavy atom. The summed E-state index contributed by atoms with van der Waals surface area (Å²) in [6, 6.07) is 1.96. The molecule has 19 heavy (non-hydrogen) atoms. The molecule has 1 aromatic heterocycles. The molecule has 1 saturated heterocycles. The lowest BCUT2D eigenvalue weighted by atomic mass is 9.98. The summed E-state index contributed by atoms with van der Waals surface area (Å²) in [5.41, 5.74) is 6.48. The summed E-state index contributed by atoms with van der Waals surface area (Å²) < 4.78 is 11.0. The average Bonchev–Trinajstić information content (AvgIpc) is 2.78. The molecular weight excluding hydrogens is 246 g/mol. The van der Waals surface area contributed by atoms with E-state index in [1.165, 1.54) is 0 Å². The van der Waals surface area contributed by atoms with Gasteiger partial charge in [0, 0.05) is 19.0 Å². The predicted molar refractivity (Wildman–Crippen MR) is 70.6 cm³/mol. The molecule has 0 bridgehead atoms. The van der Waals surface area contributed by atoms with E-state index in [1.807, 2.05) is 25.1 Å². The molecule has 1 aromatic rings. The summed E-state index contributed by atoms with van der Waals surface area (Å²) >= 11 is 0. The minimum atomic E-state index is -0.442. The van der Waals surface area contributed by atoms with Crippen molar-refractivity contribution in [3.63, 3.8) is 0 Å². The molecule has 1 aliphatic rings. The molecular formula is C13H23N3O3. The van der Waals surface area contributed by atoms with E-state index in [0.29, 0.717) is 13.0 Å². The highest BCUT2D eigenvalue weighted by molar-refractivity contribution is 5.06. The first-order chi connectivity index (χ1) is 9.08. The zero-order valence-corrected chi connectivity index (χ0v) is 11.6. The topological polar surface area (TPSA) is 84.8 Å². The van der Waals surface area contributed by atoms with Crippen molar-refractivity contribution in [3.8, 4) is 0 Å². The molecule has 0 radical (unpaired) electrons. The van der Waals surface area contributed by atoms with Crippen LogP contribution in [0.3, 0.4) is 0 Å². The second kappa shape index (κ2) is 6.47. The van der Waals surface area contributed by atoms with Gasteiger partial charge in [-0.3, -0.25) is 0 Å². The minimum absolute atomic E-state index is 0.0641. The van der Waals surface area contributed by atoms with E-state index in [-0.39, 0.29) is 12.2 Å². The Morgan fingerprint density at radius 1 is 1.47 bits per heavy atom. The molecule has 6 nitrogen and oxygen atoms in total. The maximum Gasteiger partial charge on any atom is 0.150 e. The van der Waals surface area contributed by atoms with Crippen LogP contribution in [0.15, 0.2) is 10.6 Å². The fourth-order valence-corrected chi connectivity index (χ4v) is 2.38. The van der Waals surface area contributed by atoms with E-state index in [0.717, 1.165) is 30.8 Å². The van der Waals surface area contributed by atoms with Crippen molar-refractivity contribution in [2.24, 2.45) is 5.73 Å². The van der Waals surface area contributed by atoms with Crippen molar-refractivity contribution in [1.82, 2.24) is 10.1 Å². The van der Waals surface area contributed by atoms with E-state index >= 15 is 0 Å². The number of aliphatic hydroxyl groups is 1. The van der Waals surface area contributed by atoms with Gasteiger partial charge < -0.3 is 25.0 Å². The molecule has 3 atom stereocenters. The van der Waals surface area contributed by atoms with Crippen molar-refractivity contribution in [3.05, 3.63) is 17.5 Å². The Morgan fingerprint density at radius 3 is 2.95 bits per heavy atom. The molecule has 0 aromatic carbocycles. The van der Waals surface area contributed by atoms with Crippen LogP contribution in [-0.2, 0) is 17.7 Å². The van der Waals surface area contributed by atoms with Gasteiger partial charge in [-0.05, 0) is 26.9 Å². The van der Waals surface area contributed by atoms with Crippen LogP contribution in [0.4, 0.5) is 0 Å². The van der Waals surface area contributed by atoms with Gasteiger partial charge in [-0.25, -0.2) is 0 Å².